The molecule has 3 aromatic heterocycles. The highest BCUT2D eigenvalue weighted by atomic mass is 32.1. The molecule has 0 radical (unpaired) electrons. The number of urea groups is 1. The molecule has 0 saturated carbocycles. The fourth-order valence-electron chi connectivity index (χ4n) is 3.30. The summed E-state index contributed by atoms with van der Waals surface area (Å²) in [5.74, 6) is 7.22. The summed E-state index contributed by atoms with van der Waals surface area (Å²) in [6.07, 6.45) is 2.15. The monoisotopic (exact) mass is 454 g/mol. The van der Waals surface area contributed by atoms with E-state index in [1.54, 1.807) is 0 Å². The van der Waals surface area contributed by atoms with Crippen LogP contribution >= 0.6 is 11.3 Å². The molecule has 0 aliphatic carbocycles. The van der Waals surface area contributed by atoms with Crippen LogP contribution in [0.3, 0.4) is 0 Å². The maximum atomic E-state index is 10.7. The van der Waals surface area contributed by atoms with Crippen molar-refractivity contribution < 1.29 is 9.21 Å². The summed E-state index contributed by atoms with van der Waals surface area (Å²) >= 11 is 1.47. The summed E-state index contributed by atoms with van der Waals surface area (Å²) in [6.45, 7) is 0.184. The van der Waals surface area contributed by atoms with E-state index in [1.807, 2.05) is 42.5 Å². The molecule has 5 rings (SSSR count). The molecule has 5 aromatic rings. The number of anilines is 2. The lowest BCUT2D eigenvalue weighted by molar-refractivity contribution is 0.250. The summed E-state index contributed by atoms with van der Waals surface area (Å²) < 4.78 is 6.86. The Bertz CT molecular complexity index is 1510. The molecule has 0 aliphatic heterocycles. The van der Waals surface area contributed by atoms with E-state index in [1.165, 1.54) is 17.7 Å². The second-order valence-electron chi connectivity index (χ2n) is 7.14. The standard InChI is InChI=1S/C24H18N6O2S/c25-24(31)26-10-4-7-17-13-19-22(33-17)23(28-14-27-19)29-16-8-9-18-20(12-16)32-21(30-18)11-15-5-2-1-3-6-15/h1-3,5-6,8-9,12-14H,10-11H2,(H3,25,26,31)(H,27,28,29). The van der Waals surface area contributed by atoms with E-state index < -0.39 is 6.03 Å². The van der Waals surface area contributed by atoms with E-state index >= 15 is 0 Å². The Morgan fingerprint density at radius 1 is 1.09 bits per heavy atom. The quantitative estimate of drug-likeness (QED) is 0.343. The second kappa shape index (κ2) is 8.98. The topological polar surface area (TPSA) is 119 Å². The number of hydrogen-bond donors (Lipinski definition) is 3. The Morgan fingerprint density at radius 2 is 1.97 bits per heavy atom. The molecule has 162 valence electrons. The first-order valence-electron chi connectivity index (χ1n) is 10.1. The molecular formula is C24H18N6O2S. The van der Waals surface area contributed by atoms with E-state index in [0.717, 1.165) is 31.9 Å². The van der Waals surface area contributed by atoms with Crippen LogP contribution in [-0.4, -0.2) is 27.5 Å². The number of nitrogens with zero attached hydrogens (tertiary/aromatic N) is 3. The van der Waals surface area contributed by atoms with Crippen LogP contribution in [-0.2, 0) is 6.42 Å². The van der Waals surface area contributed by atoms with Gasteiger partial charge in [-0.1, -0.05) is 42.2 Å². The van der Waals surface area contributed by atoms with Crippen LogP contribution in [0.25, 0.3) is 21.3 Å². The van der Waals surface area contributed by atoms with Crippen LogP contribution in [0, 0.1) is 11.8 Å². The highest BCUT2D eigenvalue weighted by molar-refractivity contribution is 7.20. The number of benzene rings is 2. The fourth-order valence-corrected chi connectivity index (χ4v) is 4.23. The molecule has 0 unspecified atom stereocenters. The molecule has 0 aliphatic rings. The van der Waals surface area contributed by atoms with Crippen molar-refractivity contribution in [2.75, 3.05) is 11.9 Å². The van der Waals surface area contributed by atoms with Gasteiger partial charge in [0.05, 0.1) is 21.6 Å². The molecule has 2 aromatic carbocycles. The van der Waals surface area contributed by atoms with Gasteiger partial charge in [-0.2, -0.15) is 0 Å². The smallest absolute Gasteiger partial charge is 0.312 e. The Hall–Kier alpha value is -4.42. The first-order valence-corrected chi connectivity index (χ1v) is 10.9. The van der Waals surface area contributed by atoms with Crippen molar-refractivity contribution in [3.63, 3.8) is 0 Å². The van der Waals surface area contributed by atoms with Gasteiger partial charge in [0, 0.05) is 18.2 Å². The number of primary amides is 1. The van der Waals surface area contributed by atoms with Crippen LogP contribution in [0.5, 0.6) is 0 Å². The predicted molar refractivity (Wildman–Crippen MR) is 128 cm³/mol. The van der Waals surface area contributed by atoms with Crippen molar-refractivity contribution >= 4 is 50.2 Å². The molecule has 9 heteroatoms. The molecule has 33 heavy (non-hydrogen) atoms. The van der Waals surface area contributed by atoms with Gasteiger partial charge in [0.25, 0.3) is 0 Å². The predicted octanol–water partition coefficient (Wildman–Crippen LogP) is 4.19. The summed E-state index contributed by atoms with van der Waals surface area (Å²) in [5.41, 5.74) is 9.32. The van der Waals surface area contributed by atoms with Crippen LogP contribution in [0.4, 0.5) is 16.3 Å². The number of nitrogens with two attached hydrogens (primary N) is 1. The summed E-state index contributed by atoms with van der Waals surface area (Å²) in [4.78, 5) is 24.9. The number of oxazole rings is 1. The van der Waals surface area contributed by atoms with Gasteiger partial charge in [-0.3, -0.25) is 0 Å². The first-order chi connectivity index (χ1) is 16.1. The van der Waals surface area contributed by atoms with Gasteiger partial charge >= 0.3 is 6.03 Å². The van der Waals surface area contributed by atoms with Gasteiger partial charge in [-0.15, -0.1) is 11.3 Å². The number of carbonyl (C=O) groups excluding carboxylic acids is 1. The highest BCUT2D eigenvalue weighted by Gasteiger charge is 2.11. The average Bonchev–Trinajstić information content (AvgIpc) is 3.41. The lowest BCUT2D eigenvalue weighted by atomic mass is 10.1. The summed E-state index contributed by atoms with van der Waals surface area (Å²) in [7, 11) is 0. The maximum Gasteiger partial charge on any atom is 0.312 e. The minimum atomic E-state index is -0.603. The zero-order valence-corrected chi connectivity index (χ0v) is 18.1. The number of aromatic nitrogens is 3. The lowest BCUT2D eigenvalue weighted by Crippen LogP contribution is -2.29. The molecule has 8 nitrogen and oxygen atoms in total. The normalized spacial score (nSPS) is 10.7. The van der Waals surface area contributed by atoms with Crippen LogP contribution < -0.4 is 16.4 Å². The molecule has 0 saturated heterocycles. The Labute approximate surface area is 192 Å². The summed E-state index contributed by atoms with van der Waals surface area (Å²) in [6, 6.07) is 17.2. The van der Waals surface area contributed by atoms with Gasteiger partial charge in [-0.25, -0.2) is 19.7 Å². The number of rotatable bonds is 5. The number of amides is 2. The second-order valence-corrected chi connectivity index (χ2v) is 8.20. The third kappa shape index (κ3) is 4.76. The van der Waals surface area contributed by atoms with Crippen molar-refractivity contribution in [2.24, 2.45) is 5.73 Å². The molecule has 0 spiro atoms. The lowest BCUT2D eigenvalue weighted by Gasteiger charge is -2.05. The van der Waals surface area contributed by atoms with E-state index in [9.17, 15) is 4.79 Å². The average molecular weight is 455 g/mol. The number of thiophene rings is 1. The van der Waals surface area contributed by atoms with Crippen molar-refractivity contribution in [3.8, 4) is 11.8 Å². The Morgan fingerprint density at radius 3 is 2.82 bits per heavy atom. The molecule has 4 N–H and O–H groups in total. The molecule has 2 amide bonds. The minimum Gasteiger partial charge on any atom is -0.440 e. The molecule has 0 fully saturated rings. The Kier molecular flexibility index (Phi) is 5.57. The third-order valence-electron chi connectivity index (χ3n) is 4.77. The van der Waals surface area contributed by atoms with Crippen molar-refractivity contribution in [2.45, 2.75) is 6.42 Å². The van der Waals surface area contributed by atoms with E-state index in [4.69, 9.17) is 10.2 Å². The Balaban J connectivity index is 1.37. The summed E-state index contributed by atoms with van der Waals surface area (Å²) in [5, 5.41) is 5.78. The fraction of sp³-hybridized carbons (Fsp3) is 0.0833. The van der Waals surface area contributed by atoms with Crippen LogP contribution in [0.1, 0.15) is 16.3 Å². The van der Waals surface area contributed by atoms with Gasteiger partial charge in [0.1, 0.15) is 11.8 Å². The van der Waals surface area contributed by atoms with Gasteiger partial charge in [0.2, 0.25) is 0 Å². The van der Waals surface area contributed by atoms with Gasteiger partial charge < -0.3 is 20.8 Å². The molecule has 0 atom stereocenters. The van der Waals surface area contributed by atoms with Gasteiger partial charge in [0.15, 0.2) is 17.3 Å². The SMILES string of the molecule is NC(=O)NCC#Cc1cc2ncnc(Nc3ccc4nc(Cc5ccccc5)oc4c3)c2s1. The maximum absolute atomic E-state index is 10.7. The van der Waals surface area contributed by atoms with Crippen LogP contribution in [0.2, 0.25) is 0 Å². The van der Waals surface area contributed by atoms with E-state index in [0.29, 0.717) is 23.7 Å². The van der Waals surface area contributed by atoms with E-state index in [-0.39, 0.29) is 6.54 Å². The number of carbonyl (C=O) groups is 1. The zero-order valence-electron chi connectivity index (χ0n) is 17.3. The third-order valence-corrected chi connectivity index (χ3v) is 5.81. The van der Waals surface area contributed by atoms with Crippen molar-refractivity contribution in [1.29, 1.82) is 0 Å². The number of hydrogen-bond acceptors (Lipinski definition) is 7. The number of fused-ring (bicyclic) bond motifs is 2. The largest absolute Gasteiger partial charge is 0.440 e. The zero-order chi connectivity index (χ0) is 22.6. The molecule has 3 heterocycles. The molecule has 0 bridgehead atoms. The van der Waals surface area contributed by atoms with E-state index in [2.05, 4.69) is 49.6 Å². The van der Waals surface area contributed by atoms with Crippen molar-refractivity contribution in [3.05, 3.63) is 77.3 Å². The number of nitrogens with one attached hydrogen (secondary N) is 2. The van der Waals surface area contributed by atoms with Gasteiger partial charge in [-0.05, 0) is 23.8 Å². The van der Waals surface area contributed by atoms with Crippen LogP contribution in [0.15, 0.2) is 65.3 Å². The van der Waals surface area contributed by atoms with Crippen molar-refractivity contribution in [1.82, 2.24) is 20.3 Å². The first kappa shape index (κ1) is 20.5. The minimum absolute atomic E-state index is 0.184. The highest BCUT2D eigenvalue weighted by Crippen LogP contribution is 2.31. The molecular weight excluding hydrogens is 436 g/mol.